The van der Waals surface area contributed by atoms with E-state index in [-0.39, 0.29) is 24.9 Å². The molecule has 2 fully saturated rings. The summed E-state index contributed by atoms with van der Waals surface area (Å²) in [5, 5.41) is 2.51. The second kappa shape index (κ2) is 4.58. The molecule has 0 atom stereocenters. The molecule has 1 saturated heterocycles. The van der Waals surface area contributed by atoms with Gasteiger partial charge in [-0.05, 0) is 18.9 Å². The number of nitrogens with one attached hydrogen (secondary N) is 1. The highest BCUT2D eigenvalue weighted by Gasteiger charge is 2.47. The quantitative estimate of drug-likeness (QED) is 0.641. The first kappa shape index (κ1) is 12.6. The molecule has 0 radical (unpaired) electrons. The Hall–Kier alpha value is -2.46. The normalized spacial score (nSPS) is 20.1. The van der Waals surface area contributed by atoms with Gasteiger partial charge in [0.1, 0.15) is 12.1 Å². The van der Waals surface area contributed by atoms with E-state index in [0.717, 1.165) is 18.4 Å². The third-order valence-electron chi connectivity index (χ3n) is 3.72. The molecule has 0 aromatic heterocycles. The van der Waals surface area contributed by atoms with E-state index in [1.54, 1.807) is 18.2 Å². The van der Waals surface area contributed by atoms with Crippen LogP contribution in [0.4, 0.5) is 5.69 Å². The van der Waals surface area contributed by atoms with E-state index < -0.39 is 5.54 Å². The van der Waals surface area contributed by atoms with Crippen molar-refractivity contribution in [1.29, 1.82) is 0 Å². The monoisotopic (exact) mass is 271 g/mol. The average molecular weight is 271 g/mol. The van der Waals surface area contributed by atoms with Crippen molar-refractivity contribution in [3.63, 3.8) is 0 Å². The Morgan fingerprint density at radius 2 is 2.00 bits per heavy atom. The lowest BCUT2D eigenvalue weighted by Crippen LogP contribution is -2.52. The molecule has 1 N–H and O–H groups in total. The van der Waals surface area contributed by atoms with Crippen molar-refractivity contribution in [2.24, 2.45) is 4.99 Å². The van der Waals surface area contributed by atoms with Crippen LogP contribution in [0.3, 0.4) is 0 Å². The van der Waals surface area contributed by atoms with Gasteiger partial charge in [-0.1, -0.05) is 18.2 Å². The number of hydrogen-bond donors (Lipinski definition) is 1. The number of carbonyl (C=O) groups excluding carboxylic acids is 3. The molecule has 1 heterocycles. The van der Waals surface area contributed by atoms with Crippen LogP contribution in [-0.4, -0.2) is 31.0 Å². The number of nitrogens with zero attached hydrogens (tertiary/aromatic N) is 2. The number of carbonyl (C=O) groups is 2. The Labute approximate surface area is 115 Å². The molecular weight excluding hydrogens is 258 g/mol. The third kappa shape index (κ3) is 2.00. The maximum absolute atomic E-state index is 12.0. The van der Waals surface area contributed by atoms with Crippen LogP contribution in [0, 0.1) is 0 Å². The van der Waals surface area contributed by atoms with Gasteiger partial charge in [-0.25, -0.2) is 4.79 Å². The second-order valence-electron chi connectivity index (χ2n) is 5.01. The predicted molar refractivity (Wildman–Crippen MR) is 70.8 cm³/mol. The number of amides is 2. The molecule has 1 aromatic rings. The zero-order valence-electron chi connectivity index (χ0n) is 10.8. The van der Waals surface area contributed by atoms with Crippen LogP contribution in [0.1, 0.15) is 18.4 Å². The number of piperazine rings is 1. The van der Waals surface area contributed by atoms with Crippen LogP contribution in [0.5, 0.6) is 0 Å². The van der Waals surface area contributed by atoms with Gasteiger partial charge in [0.05, 0.1) is 6.54 Å². The summed E-state index contributed by atoms with van der Waals surface area (Å²) in [6, 6.07) is 7.28. The molecule has 3 rings (SSSR count). The van der Waals surface area contributed by atoms with Crippen molar-refractivity contribution in [3.8, 4) is 0 Å². The van der Waals surface area contributed by atoms with E-state index in [9.17, 15) is 14.4 Å². The van der Waals surface area contributed by atoms with Gasteiger partial charge in [-0.15, -0.1) is 0 Å². The van der Waals surface area contributed by atoms with Crippen LogP contribution in [0.2, 0.25) is 0 Å². The Morgan fingerprint density at radius 3 is 2.70 bits per heavy atom. The molecule has 0 unspecified atom stereocenters. The maximum atomic E-state index is 12.0. The number of isocyanates is 1. The van der Waals surface area contributed by atoms with Crippen LogP contribution in [0.15, 0.2) is 29.3 Å². The average Bonchev–Trinajstić information content (AvgIpc) is 3.23. The summed E-state index contributed by atoms with van der Waals surface area (Å²) < 4.78 is 0. The first-order valence-corrected chi connectivity index (χ1v) is 6.42. The highest BCUT2D eigenvalue weighted by atomic mass is 16.2. The summed E-state index contributed by atoms with van der Waals surface area (Å²) in [5.41, 5.74) is 0.905. The van der Waals surface area contributed by atoms with Gasteiger partial charge in [-0.2, -0.15) is 4.99 Å². The fourth-order valence-corrected chi connectivity index (χ4v) is 2.53. The first-order valence-electron chi connectivity index (χ1n) is 6.42. The number of aliphatic imine (C=N–C) groups is 1. The minimum absolute atomic E-state index is 0.00286. The molecule has 102 valence electrons. The standard InChI is InChI=1S/C14H13N3O3/c18-9-16-14(5-6-14)10-3-1-2-4-11(10)17-8-12(19)15-7-13(17)20/h1-4H,5-8H2,(H,15,19). The van der Waals surface area contributed by atoms with E-state index in [0.29, 0.717) is 5.69 Å². The highest BCUT2D eigenvalue weighted by molar-refractivity contribution is 6.05. The van der Waals surface area contributed by atoms with Crippen molar-refractivity contribution in [1.82, 2.24) is 5.32 Å². The van der Waals surface area contributed by atoms with Crippen molar-refractivity contribution in [2.75, 3.05) is 18.0 Å². The smallest absolute Gasteiger partial charge is 0.246 e. The van der Waals surface area contributed by atoms with Crippen LogP contribution in [-0.2, 0) is 19.9 Å². The SMILES string of the molecule is O=C=NC1(c2ccccc2N2CC(=O)NCC2=O)CC1. The lowest BCUT2D eigenvalue weighted by molar-refractivity contribution is -0.128. The Balaban J connectivity index is 2.04. The topological polar surface area (TPSA) is 78.8 Å². The molecular formula is C14H13N3O3. The minimum Gasteiger partial charge on any atom is -0.345 e. The molecule has 20 heavy (non-hydrogen) atoms. The van der Waals surface area contributed by atoms with Crippen LogP contribution >= 0.6 is 0 Å². The van der Waals surface area contributed by atoms with Crippen molar-refractivity contribution in [2.45, 2.75) is 18.4 Å². The summed E-state index contributed by atoms with van der Waals surface area (Å²) in [6.45, 7) is -0.00610. The fourth-order valence-electron chi connectivity index (χ4n) is 2.53. The Morgan fingerprint density at radius 1 is 1.25 bits per heavy atom. The van der Waals surface area contributed by atoms with E-state index in [1.807, 2.05) is 12.1 Å². The van der Waals surface area contributed by atoms with E-state index in [4.69, 9.17) is 0 Å². The zero-order valence-corrected chi connectivity index (χ0v) is 10.8. The zero-order chi connectivity index (χ0) is 14.2. The number of benzene rings is 1. The summed E-state index contributed by atoms with van der Waals surface area (Å²) >= 11 is 0. The number of para-hydroxylation sites is 1. The van der Waals surface area contributed by atoms with Gasteiger partial charge in [0.2, 0.25) is 17.9 Å². The minimum atomic E-state index is -0.563. The van der Waals surface area contributed by atoms with Gasteiger partial charge in [0, 0.05) is 11.3 Å². The van der Waals surface area contributed by atoms with E-state index >= 15 is 0 Å². The maximum Gasteiger partial charge on any atom is 0.246 e. The largest absolute Gasteiger partial charge is 0.345 e. The van der Waals surface area contributed by atoms with Crippen molar-refractivity contribution < 1.29 is 14.4 Å². The van der Waals surface area contributed by atoms with Gasteiger partial charge in [0.25, 0.3) is 0 Å². The summed E-state index contributed by atoms with van der Waals surface area (Å²) in [4.78, 5) is 39.5. The fraction of sp³-hybridized carbons (Fsp3) is 0.357. The van der Waals surface area contributed by atoms with Crippen LogP contribution in [0.25, 0.3) is 0 Å². The molecule has 2 aliphatic rings. The number of rotatable bonds is 3. The highest BCUT2D eigenvalue weighted by Crippen LogP contribution is 2.52. The molecule has 1 aromatic carbocycles. The van der Waals surface area contributed by atoms with Gasteiger partial charge < -0.3 is 10.2 Å². The Kier molecular flexibility index (Phi) is 2.88. The Bertz CT molecular complexity index is 630. The summed E-state index contributed by atoms with van der Waals surface area (Å²) in [5.74, 6) is -0.355. The third-order valence-corrected chi connectivity index (χ3v) is 3.72. The molecule has 0 spiro atoms. The molecule has 1 aliphatic carbocycles. The second-order valence-corrected chi connectivity index (χ2v) is 5.01. The lowest BCUT2D eigenvalue weighted by atomic mass is 10.0. The number of anilines is 1. The molecule has 6 nitrogen and oxygen atoms in total. The summed E-state index contributed by atoms with van der Waals surface area (Å²) in [7, 11) is 0. The van der Waals surface area contributed by atoms with Gasteiger partial charge in [0.15, 0.2) is 0 Å². The van der Waals surface area contributed by atoms with Crippen LogP contribution < -0.4 is 10.2 Å². The molecule has 1 saturated carbocycles. The van der Waals surface area contributed by atoms with Crippen molar-refractivity contribution >= 4 is 23.6 Å². The van der Waals surface area contributed by atoms with Gasteiger partial charge >= 0.3 is 0 Å². The molecule has 0 bridgehead atoms. The van der Waals surface area contributed by atoms with E-state index in [1.165, 1.54) is 4.90 Å². The van der Waals surface area contributed by atoms with E-state index in [2.05, 4.69) is 10.3 Å². The first-order chi connectivity index (χ1) is 9.66. The summed E-state index contributed by atoms with van der Waals surface area (Å²) in [6.07, 6.45) is 3.13. The lowest BCUT2D eigenvalue weighted by Gasteiger charge is -2.29. The molecule has 2 amide bonds. The van der Waals surface area contributed by atoms with Gasteiger partial charge in [-0.3, -0.25) is 9.59 Å². The molecule has 1 aliphatic heterocycles. The predicted octanol–water partition coefficient (Wildman–Crippen LogP) is 0.474. The number of hydrogen-bond acceptors (Lipinski definition) is 4. The van der Waals surface area contributed by atoms with Crippen molar-refractivity contribution in [3.05, 3.63) is 29.8 Å². The molecule has 6 heteroatoms.